The summed E-state index contributed by atoms with van der Waals surface area (Å²) in [6, 6.07) is 4.91. The van der Waals surface area contributed by atoms with E-state index in [0.717, 1.165) is 5.56 Å². The van der Waals surface area contributed by atoms with E-state index in [1.54, 1.807) is 31.5 Å². The van der Waals surface area contributed by atoms with E-state index in [2.05, 4.69) is 20.8 Å². The number of urea groups is 1. The maximum absolute atomic E-state index is 11.6. The summed E-state index contributed by atoms with van der Waals surface area (Å²) in [5, 5.41) is 12.3. The number of carbonyl (C=O) groups excluding carboxylic acids is 1. The number of rotatable bonds is 4. The van der Waals surface area contributed by atoms with Gasteiger partial charge in [-0.05, 0) is 18.2 Å². The number of nitrogens with one attached hydrogen (secondary N) is 3. The summed E-state index contributed by atoms with van der Waals surface area (Å²) >= 11 is 5.91. The summed E-state index contributed by atoms with van der Waals surface area (Å²) in [4.78, 5) is 11.6. The first-order chi connectivity index (χ1) is 9.19. The van der Waals surface area contributed by atoms with Crippen LogP contribution in [0, 0.1) is 0 Å². The fraction of sp³-hybridized carbons (Fsp3) is 0.167. The van der Waals surface area contributed by atoms with E-state index in [0.29, 0.717) is 23.0 Å². The monoisotopic (exact) mass is 280 g/mol. The number of halogens is 1. The van der Waals surface area contributed by atoms with Crippen LogP contribution in [0.25, 0.3) is 0 Å². The average molecular weight is 281 g/mol. The van der Waals surface area contributed by atoms with Crippen LogP contribution in [0.5, 0.6) is 5.75 Å². The Balaban J connectivity index is 1.94. The van der Waals surface area contributed by atoms with E-state index >= 15 is 0 Å². The van der Waals surface area contributed by atoms with Gasteiger partial charge in [-0.25, -0.2) is 4.79 Å². The molecule has 0 aliphatic heterocycles. The topological polar surface area (TPSA) is 79.0 Å². The van der Waals surface area contributed by atoms with Crippen molar-refractivity contribution in [2.24, 2.45) is 0 Å². The summed E-state index contributed by atoms with van der Waals surface area (Å²) in [6.07, 6.45) is 3.10. The molecule has 0 atom stereocenters. The minimum Gasteiger partial charge on any atom is -0.496 e. The number of amides is 2. The molecule has 0 radical (unpaired) electrons. The Hall–Kier alpha value is -2.21. The summed E-state index contributed by atoms with van der Waals surface area (Å²) < 4.78 is 5.19. The van der Waals surface area contributed by atoms with Gasteiger partial charge in [0.15, 0.2) is 0 Å². The van der Waals surface area contributed by atoms with Gasteiger partial charge in [0.05, 0.1) is 19.0 Å². The zero-order valence-corrected chi connectivity index (χ0v) is 11.0. The van der Waals surface area contributed by atoms with Crippen molar-refractivity contribution >= 4 is 23.3 Å². The first-order valence-corrected chi connectivity index (χ1v) is 5.93. The van der Waals surface area contributed by atoms with Crippen molar-refractivity contribution in [3.8, 4) is 5.75 Å². The maximum atomic E-state index is 11.6. The molecule has 0 unspecified atom stereocenters. The van der Waals surface area contributed by atoms with Crippen LogP contribution in [0.1, 0.15) is 5.56 Å². The van der Waals surface area contributed by atoms with Crippen LogP contribution < -0.4 is 15.4 Å². The minimum atomic E-state index is -0.330. The Morgan fingerprint density at radius 1 is 1.53 bits per heavy atom. The number of ether oxygens (including phenoxy) is 1. The quantitative estimate of drug-likeness (QED) is 0.804. The van der Waals surface area contributed by atoms with Crippen molar-refractivity contribution in [2.75, 3.05) is 12.4 Å². The number of anilines is 1. The Morgan fingerprint density at radius 2 is 2.37 bits per heavy atom. The van der Waals surface area contributed by atoms with Gasteiger partial charge in [-0.2, -0.15) is 5.10 Å². The van der Waals surface area contributed by atoms with Gasteiger partial charge in [-0.3, -0.25) is 5.10 Å². The lowest BCUT2D eigenvalue weighted by molar-refractivity contribution is 0.251. The van der Waals surface area contributed by atoms with E-state index in [1.807, 2.05) is 0 Å². The predicted octanol–water partition coefficient (Wildman–Crippen LogP) is 2.39. The normalized spacial score (nSPS) is 10.0. The number of hydrogen-bond acceptors (Lipinski definition) is 3. The molecule has 19 heavy (non-hydrogen) atoms. The Labute approximate surface area is 115 Å². The molecule has 2 amide bonds. The summed E-state index contributed by atoms with van der Waals surface area (Å²) in [5.41, 5.74) is 1.40. The number of benzene rings is 1. The van der Waals surface area contributed by atoms with Gasteiger partial charge in [0.25, 0.3) is 0 Å². The van der Waals surface area contributed by atoms with Crippen molar-refractivity contribution in [3.63, 3.8) is 0 Å². The molecule has 6 nitrogen and oxygen atoms in total. The number of nitrogens with zero attached hydrogens (tertiary/aromatic N) is 1. The lowest BCUT2D eigenvalue weighted by atomic mass is 10.2. The molecular weight excluding hydrogens is 268 g/mol. The molecule has 1 aromatic heterocycles. The maximum Gasteiger partial charge on any atom is 0.319 e. The Bertz CT molecular complexity index is 557. The molecule has 1 aromatic carbocycles. The van der Waals surface area contributed by atoms with Crippen LogP contribution in [-0.4, -0.2) is 23.3 Å². The first kappa shape index (κ1) is 13.2. The van der Waals surface area contributed by atoms with Crippen LogP contribution in [0.2, 0.25) is 5.02 Å². The highest BCUT2D eigenvalue weighted by Crippen LogP contribution is 2.22. The second-order valence-corrected chi connectivity index (χ2v) is 4.19. The van der Waals surface area contributed by atoms with Gasteiger partial charge >= 0.3 is 6.03 Å². The van der Waals surface area contributed by atoms with Gasteiger partial charge < -0.3 is 15.4 Å². The highest BCUT2D eigenvalue weighted by molar-refractivity contribution is 6.30. The lowest BCUT2D eigenvalue weighted by Gasteiger charge is -2.10. The van der Waals surface area contributed by atoms with Crippen molar-refractivity contribution in [3.05, 3.63) is 41.2 Å². The van der Waals surface area contributed by atoms with Crippen molar-refractivity contribution in [1.82, 2.24) is 15.5 Å². The molecule has 100 valence electrons. The predicted molar refractivity (Wildman–Crippen MR) is 72.5 cm³/mol. The lowest BCUT2D eigenvalue weighted by Crippen LogP contribution is -2.28. The second-order valence-electron chi connectivity index (χ2n) is 3.75. The minimum absolute atomic E-state index is 0.313. The van der Waals surface area contributed by atoms with Crippen molar-refractivity contribution in [2.45, 2.75) is 6.54 Å². The number of H-pyrrole nitrogens is 1. The van der Waals surface area contributed by atoms with Crippen LogP contribution in [0.15, 0.2) is 30.6 Å². The molecule has 0 saturated carbocycles. The summed E-state index contributed by atoms with van der Waals surface area (Å²) in [5.74, 6) is 0.674. The molecule has 0 aliphatic carbocycles. The Morgan fingerprint density at radius 3 is 3.05 bits per heavy atom. The van der Waals surface area contributed by atoms with Gasteiger partial charge in [-0.15, -0.1) is 0 Å². The van der Waals surface area contributed by atoms with Crippen LogP contribution >= 0.6 is 11.6 Å². The van der Waals surface area contributed by atoms with Crippen LogP contribution in [0.3, 0.4) is 0 Å². The third kappa shape index (κ3) is 3.62. The SMILES string of the molecule is COc1ccc(Cl)cc1CNC(=O)Nc1cn[nH]c1. The zero-order chi connectivity index (χ0) is 13.7. The van der Waals surface area contributed by atoms with E-state index in [9.17, 15) is 4.79 Å². The molecular formula is C12H13ClN4O2. The highest BCUT2D eigenvalue weighted by atomic mass is 35.5. The third-order valence-corrected chi connectivity index (χ3v) is 2.67. The van der Waals surface area contributed by atoms with Gasteiger partial charge in [0, 0.05) is 23.3 Å². The fourth-order valence-electron chi connectivity index (χ4n) is 1.56. The molecule has 0 bridgehead atoms. The standard InChI is InChI=1S/C12H13ClN4O2/c1-19-11-3-2-9(13)4-8(11)5-14-12(18)17-10-6-15-16-7-10/h2-4,6-7H,5H2,1H3,(H,15,16)(H2,14,17,18). The first-order valence-electron chi connectivity index (χ1n) is 5.55. The zero-order valence-electron chi connectivity index (χ0n) is 10.2. The number of methoxy groups -OCH3 is 1. The molecule has 0 aliphatic rings. The van der Waals surface area contributed by atoms with Gasteiger partial charge in [0.2, 0.25) is 0 Å². The van der Waals surface area contributed by atoms with Gasteiger partial charge in [0.1, 0.15) is 5.75 Å². The second kappa shape index (κ2) is 6.10. The van der Waals surface area contributed by atoms with E-state index in [4.69, 9.17) is 16.3 Å². The molecule has 2 rings (SSSR count). The number of carbonyl (C=O) groups is 1. The molecule has 2 aromatic rings. The molecule has 3 N–H and O–H groups in total. The number of hydrogen-bond donors (Lipinski definition) is 3. The Kier molecular flexibility index (Phi) is 4.25. The van der Waals surface area contributed by atoms with Gasteiger partial charge in [-0.1, -0.05) is 11.6 Å². The molecule has 7 heteroatoms. The van der Waals surface area contributed by atoms with Crippen molar-refractivity contribution in [1.29, 1.82) is 0 Å². The van der Waals surface area contributed by atoms with E-state index < -0.39 is 0 Å². The molecule has 1 heterocycles. The van der Waals surface area contributed by atoms with Crippen molar-refractivity contribution < 1.29 is 9.53 Å². The van der Waals surface area contributed by atoms with Crippen LogP contribution in [0.4, 0.5) is 10.5 Å². The largest absolute Gasteiger partial charge is 0.496 e. The third-order valence-electron chi connectivity index (χ3n) is 2.44. The number of aromatic amines is 1. The van der Waals surface area contributed by atoms with E-state index in [-0.39, 0.29) is 6.03 Å². The average Bonchev–Trinajstić information content (AvgIpc) is 2.89. The van der Waals surface area contributed by atoms with Crippen LogP contribution in [-0.2, 0) is 6.54 Å². The molecule has 0 spiro atoms. The smallest absolute Gasteiger partial charge is 0.319 e. The molecule has 0 saturated heterocycles. The fourth-order valence-corrected chi connectivity index (χ4v) is 1.75. The summed E-state index contributed by atoms with van der Waals surface area (Å²) in [6.45, 7) is 0.313. The summed E-state index contributed by atoms with van der Waals surface area (Å²) in [7, 11) is 1.57. The van der Waals surface area contributed by atoms with E-state index in [1.165, 1.54) is 6.20 Å². The highest BCUT2D eigenvalue weighted by Gasteiger charge is 2.07. The molecule has 0 fully saturated rings. The number of aromatic nitrogens is 2.